The summed E-state index contributed by atoms with van der Waals surface area (Å²) < 4.78 is 5.58. The number of amides is 1. The van der Waals surface area contributed by atoms with Crippen LogP contribution >= 0.6 is 0 Å². The Hall–Kier alpha value is -1.62. The predicted octanol–water partition coefficient (Wildman–Crippen LogP) is 4.78. The molecule has 2 heterocycles. The molecule has 0 bridgehead atoms. The first-order valence-electron chi connectivity index (χ1n) is 9.41. The van der Waals surface area contributed by atoms with Gasteiger partial charge in [0.1, 0.15) is 11.4 Å². The highest BCUT2D eigenvalue weighted by Gasteiger charge is 2.28. The van der Waals surface area contributed by atoms with E-state index in [1.165, 1.54) is 24.8 Å². The number of carbonyl (C=O) groups excluding carboxylic acids is 1. The molecule has 2 unspecified atom stereocenters. The number of ether oxygens (including phenoxy) is 1. The van der Waals surface area contributed by atoms with E-state index in [0.29, 0.717) is 11.9 Å². The summed E-state index contributed by atoms with van der Waals surface area (Å²) in [6, 6.07) is 4.52. The summed E-state index contributed by atoms with van der Waals surface area (Å²) in [7, 11) is 2.17. The van der Waals surface area contributed by atoms with E-state index in [2.05, 4.69) is 29.9 Å². The molecule has 1 aliphatic heterocycles. The standard InChI is InChI=1S/C20H33N3O2/c1-7-15(2)23(19(24)25-20(3,4)5)18-12-11-16(14-21-18)17-10-8-9-13-22(17)6/h11-12,14-15,17H,7-10,13H2,1-6H3. The topological polar surface area (TPSA) is 45.7 Å². The van der Waals surface area contributed by atoms with Gasteiger partial charge >= 0.3 is 6.09 Å². The van der Waals surface area contributed by atoms with Crippen molar-refractivity contribution in [2.45, 2.75) is 78.0 Å². The average molecular weight is 348 g/mol. The maximum Gasteiger partial charge on any atom is 0.416 e. The fourth-order valence-electron chi connectivity index (χ4n) is 3.23. The Morgan fingerprint density at radius 2 is 2.12 bits per heavy atom. The van der Waals surface area contributed by atoms with Crippen molar-refractivity contribution in [2.75, 3.05) is 18.5 Å². The van der Waals surface area contributed by atoms with E-state index >= 15 is 0 Å². The number of pyridine rings is 1. The predicted molar refractivity (Wildman–Crippen MR) is 102 cm³/mol. The van der Waals surface area contributed by atoms with Gasteiger partial charge in [0.2, 0.25) is 0 Å². The van der Waals surface area contributed by atoms with E-state index in [1.807, 2.05) is 40.0 Å². The fraction of sp³-hybridized carbons (Fsp3) is 0.700. The van der Waals surface area contributed by atoms with Crippen LogP contribution in [0.25, 0.3) is 0 Å². The number of hydrogen-bond donors (Lipinski definition) is 0. The van der Waals surface area contributed by atoms with Gasteiger partial charge in [0.25, 0.3) is 0 Å². The van der Waals surface area contributed by atoms with E-state index in [-0.39, 0.29) is 12.1 Å². The SMILES string of the molecule is CCC(C)N(C(=O)OC(C)(C)C)c1ccc(C2CCCCN2C)cn1. The van der Waals surface area contributed by atoms with E-state index in [9.17, 15) is 4.79 Å². The molecule has 0 N–H and O–H groups in total. The average Bonchev–Trinajstić information content (AvgIpc) is 2.54. The smallest absolute Gasteiger partial charge is 0.416 e. The highest BCUT2D eigenvalue weighted by atomic mass is 16.6. The quantitative estimate of drug-likeness (QED) is 0.786. The minimum absolute atomic E-state index is 0.0329. The molecule has 140 valence electrons. The molecule has 5 heteroatoms. The monoisotopic (exact) mass is 347 g/mol. The molecule has 1 saturated heterocycles. The van der Waals surface area contributed by atoms with Crippen molar-refractivity contribution < 1.29 is 9.53 Å². The molecular formula is C20H33N3O2. The molecule has 5 nitrogen and oxygen atoms in total. The van der Waals surface area contributed by atoms with Gasteiger partial charge in [-0.1, -0.05) is 19.4 Å². The van der Waals surface area contributed by atoms with Crippen LogP contribution in [0.5, 0.6) is 0 Å². The molecule has 0 spiro atoms. The molecule has 0 radical (unpaired) electrons. The molecule has 1 aromatic heterocycles. The van der Waals surface area contributed by atoms with Crippen molar-refractivity contribution in [3.63, 3.8) is 0 Å². The van der Waals surface area contributed by atoms with Gasteiger partial charge in [0, 0.05) is 18.3 Å². The Morgan fingerprint density at radius 1 is 1.40 bits per heavy atom. The van der Waals surface area contributed by atoms with Gasteiger partial charge in [-0.05, 0) is 72.2 Å². The zero-order chi connectivity index (χ0) is 18.6. The zero-order valence-electron chi connectivity index (χ0n) is 16.6. The Balaban J connectivity index is 2.21. The summed E-state index contributed by atoms with van der Waals surface area (Å²) in [6.45, 7) is 10.9. The van der Waals surface area contributed by atoms with Gasteiger partial charge in [0.15, 0.2) is 0 Å². The van der Waals surface area contributed by atoms with Gasteiger partial charge in [-0.15, -0.1) is 0 Å². The third-order valence-electron chi connectivity index (χ3n) is 4.79. The van der Waals surface area contributed by atoms with Crippen molar-refractivity contribution in [3.05, 3.63) is 23.9 Å². The maximum atomic E-state index is 12.7. The van der Waals surface area contributed by atoms with E-state index in [0.717, 1.165) is 13.0 Å². The van der Waals surface area contributed by atoms with Crippen molar-refractivity contribution in [2.24, 2.45) is 0 Å². The second kappa shape index (κ2) is 8.17. The highest BCUT2D eigenvalue weighted by Crippen LogP contribution is 2.30. The number of nitrogens with zero attached hydrogens (tertiary/aromatic N) is 3. The summed E-state index contributed by atoms with van der Waals surface area (Å²) in [5.41, 5.74) is 0.701. The number of aromatic nitrogens is 1. The molecule has 25 heavy (non-hydrogen) atoms. The molecule has 1 aliphatic rings. The number of rotatable bonds is 4. The lowest BCUT2D eigenvalue weighted by molar-refractivity contribution is 0.0566. The molecule has 0 aromatic carbocycles. The lowest BCUT2D eigenvalue weighted by Crippen LogP contribution is -2.42. The van der Waals surface area contributed by atoms with Crippen molar-refractivity contribution in [1.82, 2.24) is 9.88 Å². The van der Waals surface area contributed by atoms with Crippen molar-refractivity contribution in [3.8, 4) is 0 Å². The van der Waals surface area contributed by atoms with Crippen LogP contribution in [0, 0.1) is 0 Å². The summed E-state index contributed by atoms with van der Waals surface area (Å²) in [5.74, 6) is 0.658. The summed E-state index contributed by atoms with van der Waals surface area (Å²) in [6.07, 6.45) is 6.11. The molecule has 2 rings (SSSR count). The van der Waals surface area contributed by atoms with Crippen molar-refractivity contribution in [1.29, 1.82) is 0 Å². The fourth-order valence-corrected chi connectivity index (χ4v) is 3.23. The minimum Gasteiger partial charge on any atom is -0.443 e. The van der Waals surface area contributed by atoms with E-state index < -0.39 is 5.60 Å². The van der Waals surface area contributed by atoms with Crippen LogP contribution in [0.3, 0.4) is 0 Å². The first-order chi connectivity index (χ1) is 11.7. The summed E-state index contributed by atoms with van der Waals surface area (Å²) in [4.78, 5) is 21.3. The Labute approximate surface area is 152 Å². The van der Waals surface area contributed by atoms with Crippen LogP contribution in [0.1, 0.15) is 71.9 Å². The molecule has 0 saturated carbocycles. The van der Waals surface area contributed by atoms with Gasteiger partial charge < -0.3 is 4.74 Å². The van der Waals surface area contributed by atoms with E-state index in [4.69, 9.17) is 4.74 Å². The largest absolute Gasteiger partial charge is 0.443 e. The van der Waals surface area contributed by atoms with Gasteiger partial charge in [-0.2, -0.15) is 0 Å². The van der Waals surface area contributed by atoms with Crippen LogP contribution in [0.15, 0.2) is 18.3 Å². The molecule has 1 fully saturated rings. The highest BCUT2D eigenvalue weighted by molar-refractivity contribution is 5.87. The molecule has 2 atom stereocenters. The Kier molecular flexibility index (Phi) is 6.44. The first-order valence-corrected chi connectivity index (χ1v) is 9.41. The second-order valence-electron chi connectivity index (χ2n) is 8.05. The first kappa shape index (κ1) is 19.7. The van der Waals surface area contributed by atoms with Gasteiger partial charge in [-0.3, -0.25) is 9.80 Å². The van der Waals surface area contributed by atoms with Crippen molar-refractivity contribution >= 4 is 11.9 Å². The number of piperidine rings is 1. The van der Waals surface area contributed by atoms with Crippen LogP contribution in [-0.4, -0.2) is 41.2 Å². The Bertz CT molecular complexity index is 565. The minimum atomic E-state index is -0.520. The third kappa shape index (κ3) is 5.18. The van der Waals surface area contributed by atoms with Gasteiger partial charge in [0.05, 0.1) is 0 Å². The van der Waals surface area contributed by atoms with Crippen LogP contribution in [-0.2, 0) is 4.74 Å². The number of likely N-dealkylation sites (tertiary alicyclic amines) is 1. The van der Waals surface area contributed by atoms with Crippen LogP contribution in [0.4, 0.5) is 10.6 Å². The summed E-state index contributed by atoms with van der Waals surface area (Å²) in [5, 5.41) is 0. The van der Waals surface area contributed by atoms with E-state index in [1.54, 1.807) is 4.90 Å². The second-order valence-corrected chi connectivity index (χ2v) is 8.05. The maximum absolute atomic E-state index is 12.7. The zero-order valence-corrected chi connectivity index (χ0v) is 16.6. The normalized spacial score (nSPS) is 20.2. The van der Waals surface area contributed by atoms with Crippen LogP contribution < -0.4 is 4.90 Å². The van der Waals surface area contributed by atoms with Crippen LogP contribution in [0.2, 0.25) is 0 Å². The number of anilines is 1. The molecule has 1 aromatic rings. The van der Waals surface area contributed by atoms with Gasteiger partial charge in [-0.25, -0.2) is 9.78 Å². The lowest BCUT2D eigenvalue weighted by Gasteiger charge is -2.33. The Morgan fingerprint density at radius 3 is 2.64 bits per heavy atom. The number of hydrogen-bond acceptors (Lipinski definition) is 4. The lowest BCUT2D eigenvalue weighted by atomic mass is 9.97. The molecular weight excluding hydrogens is 314 g/mol. The number of carbonyl (C=O) groups is 1. The third-order valence-corrected chi connectivity index (χ3v) is 4.79. The summed E-state index contributed by atoms with van der Waals surface area (Å²) >= 11 is 0. The molecule has 1 amide bonds. The molecule has 0 aliphatic carbocycles.